The third-order valence-electron chi connectivity index (χ3n) is 4.02. The molecule has 0 bridgehead atoms. The van der Waals surface area contributed by atoms with Gasteiger partial charge in [-0.2, -0.15) is 0 Å². The molecule has 1 aromatic carbocycles. The summed E-state index contributed by atoms with van der Waals surface area (Å²) in [5.41, 5.74) is 1.12. The lowest BCUT2D eigenvalue weighted by Crippen LogP contribution is -2.13. The Morgan fingerprint density at radius 3 is 2.77 bits per heavy atom. The second-order valence-corrected chi connectivity index (χ2v) is 10.4. The number of nitrogens with zero attached hydrogens (tertiary/aromatic N) is 2. The first-order valence-corrected chi connectivity index (χ1v) is 12.6. The first-order valence-electron chi connectivity index (χ1n) is 9.72. The molecule has 164 valence electrons. The van der Waals surface area contributed by atoms with Crippen LogP contribution in [0.1, 0.15) is 23.8 Å². The van der Waals surface area contributed by atoms with E-state index in [1.165, 1.54) is 17.4 Å². The molecule has 0 spiro atoms. The van der Waals surface area contributed by atoms with Crippen LogP contribution in [0, 0.1) is 17.7 Å². The molecule has 0 radical (unpaired) electrons. The van der Waals surface area contributed by atoms with E-state index < -0.39 is 13.2 Å². The number of benzene rings is 1. The monoisotopic (exact) mass is 453 g/mol. The Bertz CT molecular complexity index is 953. The Morgan fingerprint density at radius 2 is 2.13 bits per heavy atom. The normalized spacial score (nSPS) is 12.9. The standard InChI is InChI=1S/C21H29FN3O3PS/c1-6-28-29(5,26)20-19(30-21(23-2)24-20)10-8-14-27-18-12-11-16(15-17(18)22)9-7-13-25(3)4/h11-12,15H,6,8,10,13-14H2,1-5H3,(H,23,24). The largest absolute Gasteiger partial charge is 0.491 e. The number of ether oxygens (including phenoxy) is 1. The smallest absolute Gasteiger partial charge is 0.248 e. The van der Waals surface area contributed by atoms with Crippen molar-refractivity contribution in [2.24, 2.45) is 0 Å². The summed E-state index contributed by atoms with van der Waals surface area (Å²) in [5, 5.41) is 3.68. The Morgan fingerprint density at radius 1 is 1.37 bits per heavy atom. The van der Waals surface area contributed by atoms with Gasteiger partial charge in [0.05, 0.1) is 19.8 Å². The van der Waals surface area contributed by atoms with Gasteiger partial charge < -0.3 is 14.6 Å². The minimum absolute atomic E-state index is 0.198. The second-order valence-electron chi connectivity index (χ2n) is 6.92. The molecule has 1 heterocycles. The molecule has 1 aromatic heterocycles. The number of hydrogen-bond acceptors (Lipinski definition) is 7. The summed E-state index contributed by atoms with van der Waals surface area (Å²) in [6, 6.07) is 4.73. The van der Waals surface area contributed by atoms with Crippen molar-refractivity contribution < 1.29 is 18.2 Å². The first kappa shape index (κ1) is 24.4. The second kappa shape index (κ2) is 11.5. The summed E-state index contributed by atoms with van der Waals surface area (Å²) in [6.45, 7) is 4.70. The summed E-state index contributed by atoms with van der Waals surface area (Å²) < 4.78 is 38.1. The van der Waals surface area contributed by atoms with Gasteiger partial charge in [-0.25, -0.2) is 9.37 Å². The summed E-state index contributed by atoms with van der Waals surface area (Å²) in [5.74, 6) is 5.68. The van der Waals surface area contributed by atoms with Gasteiger partial charge in [0.1, 0.15) is 5.44 Å². The van der Waals surface area contributed by atoms with Crippen molar-refractivity contribution in [3.05, 3.63) is 34.5 Å². The molecule has 1 atom stereocenters. The highest BCUT2D eigenvalue weighted by molar-refractivity contribution is 7.66. The van der Waals surface area contributed by atoms with E-state index in [1.807, 2.05) is 25.9 Å². The number of nitrogens with one attached hydrogen (secondary N) is 1. The minimum Gasteiger partial charge on any atom is -0.491 e. The predicted octanol–water partition coefficient (Wildman–Crippen LogP) is 3.82. The molecule has 1 N–H and O–H groups in total. The minimum atomic E-state index is -2.97. The van der Waals surface area contributed by atoms with Crippen LogP contribution in [-0.4, -0.2) is 57.5 Å². The number of anilines is 1. The van der Waals surface area contributed by atoms with Gasteiger partial charge in [0.2, 0.25) is 7.37 Å². The Balaban J connectivity index is 1.96. The lowest BCUT2D eigenvalue weighted by molar-refractivity contribution is 0.296. The zero-order valence-electron chi connectivity index (χ0n) is 18.1. The maximum absolute atomic E-state index is 14.3. The number of rotatable bonds is 10. The van der Waals surface area contributed by atoms with Crippen molar-refractivity contribution in [1.82, 2.24) is 9.88 Å². The van der Waals surface area contributed by atoms with E-state index in [0.29, 0.717) is 48.7 Å². The first-order chi connectivity index (χ1) is 14.3. The molecule has 0 aliphatic rings. The molecular weight excluding hydrogens is 424 g/mol. The van der Waals surface area contributed by atoms with Gasteiger partial charge in [0, 0.05) is 24.2 Å². The Kier molecular flexibility index (Phi) is 9.32. The number of hydrogen-bond donors (Lipinski definition) is 1. The molecule has 0 saturated heterocycles. The Labute approximate surface area is 182 Å². The fraction of sp³-hybridized carbons (Fsp3) is 0.476. The Hall–Kier alpha value is -1.91. The van der Waals surface area contributed by atoms with Crippen LogP contribution in [0.25, 0.3) is 0 Å². The molecule has 2 aromatic rings. The molecule has 0 amide bonds. The van der Waals surface area contributed by atoms with Crippen molar-refractivity contribution in [3.8, 4) is 17.6 Å². The number of aryl methyl sites for hydroxylation is 1. The molecule has 2 rings (SSSR count). The summed E-state index contributed by atoms with van der Waals surface area (Å²) in [6.07, 6.45) is 1.25. The summed E-state index contributed by atoms with van der Waals surface area (Å²) >= 11 is 1.45. The maximum atomic E-state index is 14.3. The highest BCUT2D eigenvalue weighted by Crippen LogP contribution is 2.43. The van der Waals surface area contributed by atoms with Crippen molar-refractivity contribution in [1.29, 1.82) is 0 Å². The van der Waals surface area contributed by atoms with E-state index in [9.17, 15) is 8.96 Å². The van der Waals surface area contributed by atoms with Gasteiger partial charge in [-0.05, 0) is 52.1 Å². The molecule has 9 heteroatoms. The topological polar surface area (TPSA) is 63.7 Å². The average Bonchev–Trinajstić information content (AvgIpc) is 3.10. The predicted molar refractivity (Wildman–Crippen MR) is 122 cm³/mol. The van der Waals surface area contributed by atoms with Gasteiger partial charge in [0.15, 0.2) is 16.7 Å². The van der Waals surface area contributed by atoms with Crippen molar-refractivity contribution in [3.63, 3.8) is 0 Å². The van der Waals surface area contributed by atoms with Crippen LogP contribution in [-0.2, 0) is 15.5 Å². The van der Waals surface area contributed by atoms with Crippen LogP contribution in [0.3, 0.4) is 0 Å². The summed E-state index contributed by atoms with van der Waals surface area (Å²) in [7, 11) is 2.66. The van der Waals surface area contributed by atoms with Gasteiger partial charge in [-0.15, -0.1) is 11.3 Å². The molecule has 0 saturated carbocycles. The van der Waals surface area contributed by atoms with Gasteiger partial charge in [-0.1, -0.05) is 11.8 Å². The average molecular weight is 454 g/mol. The molecule has 0 aliphatic carbocycles. The van der Waals surface area contributed by atoms with E-state index in [4.69, 9.17) is 9.26 Å². The van der Waals surface area contributed by atoms with Crippen molar-refractivity contribution in [2.75, 3.05) is 52.9 Å². The quantitative estimate of drug-likeness (QED) is 0.335. The van der Waals surface area contributed by atoms with E-state index >= 15 is 0 Å². The van der Waals surface area contributed by atoms with Crippen LogP contribution < -0.4 is 15.5 Å². The molecule has 1 unspecified atom stereocenters. The van der Waals surface area contributed by atoms with E-state index in [1.54, 1.807) is 25.8 Å². The van der Waals surface area contributed by atoms with E-state index in [2.05, 4.69) is 22.1 Å². The zero-order chi connectivity index (χ0) is 22.1. The molecule has 0 aliphatic heterocycles. The molecule has 0 fully saturated rings. The maximum Gasteiger partial charge on any atom is 0.248 e. The van der Waals surface area contributed by atoms with Crippen molar-refractivity contribution >= 4 is 29.3 Å². The lowest BCUT2D eigenvalue weighted by atomic mass is 10.2. The van der Waals surface area contributed by atoms with Crippen LogP contribution in [0.5, 0.6) is 5.75 Å². The lowest BCUT2D eigenvalue weighted by Gasteiger charge is -2.12. The highest BCUT2D eigenvalue weighted by Gasteiger charge is 2.27. The molecule has 6 nitrogen and oxygen atoms in total. The van der Waals surface area contributed by atoms with E-state index in [0.717, 1.165) is 4.88 Å². The fourth-order valence-electron chi connectivity index (χ4n) is 2.65. The zero-order valence-corrected chi connectivity index (χ0v) is 19.8. The SMILES string of the molecule is CCOP(C)(=O)c1nc(NC)sc1CCCOc1ccc(C#CCN(C)C)cc1F. The number of thiazole rings is 1. The molecule has 30 heavy (non-hydrogen) atoms. The molecular formula is C21H29FN3O3PS. The number of halogens is 1. The van der Waals surface area contributed by atoms with Gasteiger partial charge in [0.25, 0.3) is 0 Å². The highest BCUT2D eigenvalue weighted by atomic mass is 32.1. The van der Waals surface area contributed by atoms with Crippen LogP contribution >= 0.6 is 18.7 Å². The van der Waals surface area contributed by atoms with Crippen LogP contribution in [0.15, 0.2) is 18.2 Å². The third kappa shape index (κ3) is 7.10. The van der Waals surface area contributed by atoms with E-state index in [-0.39, 0.29) is 5.75 Å². The van der Waals surface area contributed by atoms with Crippen molar-refractivity contribution in [2.45, 2.75) is 19.8 Å². The summed E-state index contributed by atoms with van der Waals surface area (Å²) in [4.78, 5) is 7.26. The van der Waals surface area contributed by atoms with Gasteiger partial charge in [-0.3, -0.25) is 9.46 Å². The van der Waals surface area contributed by atoms with Gasteiger partial charge >= 0.3 is 0 Å². The third-order valence-corrected chi connectivity index (χ3v) is 7.19. The fourth-order valence-corrected chi connectivity index (χ4v) is 5.67. The van der Waals surface area contributed by atoms with Crippen LogP contribution in [0.2, 0.25) is 0 Å². The van der Waals surface area contributed by atoms with Crippen LogP contribution in [0.4, 0.5) is 9.52 Å². The number of aromatic nitrogens is 1.